The Labute approximate surface area is 120 Å². The summed E-state index contributed by atoms with van der Waals surface area (Å²) in [4.78, 5) is 0. The van der Waals surface area contributed by atoms with Crippen molar-refractivity contribution in [3.8, 4) is 0 Å². The highest BCUT2D eigenvalue weighted by Gasteiger charge is 2.33. The molecule has 0 saturated heterocycles. The normalized spacial score (nSPS) is 21.8. The molecule has 0 aromatic carbocycles. The maximum Gasteiger partial charge on any atom is 0.209 e. The van der Waals surface area contributed by atoms with Crippen molar-refractivity contribution in [2.24, 2.45) is 10.6 Å². The lowest BCUT2D eigenvalue weighted by atomic mass is 9.75. The number of hydrogen-bond acceptors (Lipinski definition) is 3. The smallest absolute Gasteiger partial charge is 0.209 e. The Morgan fingerprint density at radius 2 is 2.15 bits per heavy atom. The van der Waals surface area contributed by atoms with Crippen molar-refractivity contribution >= 4 is 10.0 Å². The molecule has 2 rings (SSSR count). The highest BCUT2D eigenvalue weighted by molar-refractivity contribution is 7.89. The Morgan fingerprint density at radius 1 is 1.50 bits per heavy atom. The molecule has 0 saturated carbocycles. The van der Waals surface area contributed by atoms with Crippen molar-refractivity contribution in [3.63, 3.8) is 0 Å². The number of aromatic nitrogens is 1. The molecule has 1 heterocycles. The number of primary sulfonamides is 1. The molecule has 114 valence electrons. The monoisotopic (exact) mass is 300 g/mol. The van der Waals surface area contributed by atoms with E-state index >= 15 is 0 Å². The van der Waals surface area contributed by atoms with E-state index in [0.29, 0.717) is 13.0 Å². The SMILES string of the molecule is Cc1cc2c(n1CCCS(N)(=O)=O)CC(C)(C)CC2O. The topological polar surface area (TPSA) is 85.3 Å². The summed E-state index contributed by atoms with van der Waals surface area (Å²) in [7, 11) is -3.41. The van der Waals surface area contributed by atoms with Crippen molar-refractivity contribution < 1.29 is 13.5 Å². The fourth-order valence-corrected chi connectivity index (χ4v) is 3.67. The molecule has 0 aliphatic heterocycles. The second-order valence-electron chi connectivity index (χ2n) is 6.62. The molecule has 0 fully saturated rings. The van der Waals surface area contributed by atoms with E-state index in [4.69, 9.17) is 5.14 Å². The van der Waals surface area contributed by atoms with Gasteiger partial charge >= 0.3 is 0 Å². The van der Waals surface area contributed by atoms with Gasteiger partial charge in [-0.15, -0.1) is 0 Å². The molecule has 0 amide bonds. The van der Waals surface area contributed by atoms with Crippen LogP contribution in [0.5, 0.6) is 0 Å². The summed E-state index contributed by atoms with van der Waals surface area (Å²) < 4.78 is 24.2. The molecule has 6 heteroatoms. The van der Waals surface area contributed by atoms with E-state index in [-0.39, 0.29) is 11.2 Å². The van der Waals surface area contributed by atoms with Gasteiger partial charge in [0.2, 0.25) is 10.0 Å². The number of aliphatic hydroxyl groups excluding tert-OH is 1. The number of aliphatic hydroxyl groups is 1. The average molecular weight is 300 g/mol. The summed E-state index contributed by atoms with van der Waals surface area (Å²) in [5, 5.41) is 15.3. The Hall–Kier alpha value is -0.850. The van der Waals surface area contributed by atoms with Crippen LogP contribution >= 0.6 is 0 Å². The van der Waals surface area contributed by atoms with Crippen molar-refractivity contribution in [1.82, 2.24) is 4.57 Å². The Morgan fingerprint density at radius 3 is 2.75 bits per heavy atom. The largest absolute Gasteiger partial charge is 0.388 e. The number of hydrogen-bond donors (Lipinski definition) is 2. The van der Waals surface area contributed by atoms with Crippen LogP contribution < -0.4 is 5.14 Å². The summed E-state index contributed by atoms with van der Waals surface area (Å²) in [5.41, 5.74) is 3.27. The van der Waals surface area contributed by atoms with Gasteiger partial charge in [0.1, 0.15) is 0 Å². The molecule has 20 heavy (non-hydrogen) atoms. The zero-order valence-corrected chi connectivity index (χ0v) is 13.2. The third-order valence-corrected chi connectivity index (χ3v) is 4.87. The van der Waals surface area contributed by atoms with Gasteiger partial charge in [0.25, 0.3) is 0 Å². The van der Waals surface area contributed by atoms with E-state index in [0.717, 1.165) is 29.8 Å². The predicted octanol–water partition coefficient (Wildman–Crippen LogP) is 1.48. The first-order valence-electron chi connectivity index (χ1n) is 6.96. The van der Waals surface area contributed by atoms with Crippen molar-refractivity contribution in [2.75, 3.05) is 5.75 Å². The summed E-state index contributed by atoms with van der Waals surface area (Å²) in [5.74, 6) is -0.00859. The molecule has 1 unspecified atom stereocenters. The van der Waals surface area contributed by atoms with Gasteiger partial charge in [-0.05, 0) is 37.7 Å². The zero-order valence-electron chi connectivity index (χ0n) is 12.4. The van der Waals surface area contributed by atoms with E-state index in [1.54, 1.807) is 0 Å². The second kappa shape index (κ2) is 5.16. The molecule has 1 aromatic rings. The molecule has 0 bridgehead atoms. The number of nitrogens with two attached hydrogens (primary N) is 1. The lowest BCUT2D eigenvalue weighted by molar-refractivity contribution is 0.0979. The molecular formula is C14H24N2O3S. The number of fused-ring (bicyclic) bond motifs is 1. The van der Waals surface area contributed by atoms with Gasteiger partial charge in [-0.25, -0.2) is 13.6 Å². The highest BCUT2D eigenvalue weighted by atomic mass is 32.2. The van der Waals surface area contributed by atoms with E-state index in [9.17, 15) is 13.5 Å². The number of sulfonamides is 1. The molecule has 1 aromatic heterocycles. The van der Waals surface area contributed by atoms with Crippen LogP contribution in [0, 0.1) is 12.3 Å². The summed E-state index contributed by atoms with van der Waals surface area (Å²) in [6.45, 7) is 6.92. The fourth-order valence-electron chi connectivity index (χ4n) is 3.13. The van der Waals surface area contributed by atoms with Crippen LogP contribution in [0.1, 0.15) is 49.7 Å². The Kier molecular flexibility index (Phi) is 4.01. The van der Waals surface area contributed by atoms with E-state index < -0.39 is 16.1 Å². The first kappa shape index (κ1) is 15.5. The van der Waals surface area contributed by atoms with E-state index in [1.807, 2.05) is 13.0 Å². The third-order valence-electron chi connectivity index (χ3n) is 4.01. The molecule has 0 spiro atoms. The summed E-state index contributed by atoms with van der Waals surface area (Å²) >= 11 is 0. The van der Waals surface area contributed by atoms with E-state index in [1.165, 1.54) is 0 Å². The second-order valence-corrected chi connectivity index (χ2v) is 8.35. The maximum absolute atomic E-state index is 11.0. The predicted molar refractivity (Wildman–Crippen MR) is 78.8 cm³/mol. The van der Waals surface area contributed by atoms with Gasteiger partial charge in [-0.3, -0.25) is 0 Å². The minimum absolute atomic E-state index is 0.00859. The van der Waals surface area contributed by atoms with Crippen molar-refractivity contribution in [2.45, 2.75) is 52.7 Å². The van der Waals surface area contributed by atoms with Gasteiger partial charge < -0.3 is 9.67 Å². The highest BCUT2D eigenvalue weighted by Crippen LogP contribution is 2.41. The summed E-state index contributed by atoms with van der Waals surface area (Å²) in [6, 6.07) is 2.02. The Bertz CT molecular complexity index is 602. The van der Waals surface area contributed by atoms with Crippen LogP contribution in [-0.2, 0) is 23.0 Å². The first-order chi connectivity index (χ1) is 9.09. The lowest BCUT2D eigenvalue weighted by Gasteiger charge is -2.34. The first-order valence-corrected chi connectivity index (χ1v) is 8.68. The molecule has 1 aliphatic rings. The minimum Gasteiger partial charge on any atom is -0.388 e. The molecule has 1 aliphatic carbocycles. The minimum atomic E-state index is -3.41. The van der Waals surface area contributed by atoms with Gasteiger partial charge in [0.05, 0.1) is 11.9 Å². The van der Waals surface area contributed by atoms with Crippen LogP contribution in [0.25, 0.3) is 0 Å². The molecule has 3 N–H and O–H groups in total. The van der Waals surface area contributed by atoms with Crippen molar-refractivity contribution in [1.29, 1.82) is 0 Å². The third kappa shape index (κ3) is 3.42. The number of rotatable bonds is 4. The van der Waals surface area contributed by atoms with Gasteiger partial charge in [0.15, 0.2) is 0 Å². The molecular weight excluding hydrogens is 276 g/mol. The average Bonchev–Trinajstić information content (AvgIpc) is 2.54. The van der Waals surface area contributed by atoms with Crippen LogP contribution in [0.3, 0.4) is 0 Å². The Balaban J connectivity index is 2.23. The number of aryl methyl sites for hydroxylation is 1. The standard InChI is InChI=1S/C14H24N2O3S/c1-10-7-11-12(8-14(2,3)9-13(11)17)16(10)5-4-6-20(15,18)19/h7,13,17H,4-6,8-9H2,1-3H3,(H2,15,18,19). The maximum atomic E-state index is 11.0. The fraction of sp³-hybridized carbons (Fsp3) is 0.714. The summed E-state index contributed by atoms with van der Waals surface area (Å²) in [6.07, 6.45) is 1.74. The van der Waals surface area contributed by atoms with Gasteiger partial charge in [-0.2, -0.15) is 0 Å². The molecule has 5 nitrogen and oxygen atoms in total. The lowest BCUT2D eigenvalue weighted by Crippen LogP contribution is -2.27. The molecule has 1 atom stereocenters. The number of nitrogens with zero attached hydrogens (tertiary/aromatic N) is 1. The van der Waals surface area contributed by atoms with Crippen LogP contribution in [0.4, 0.5) is 0 Å². The van der Waals surface area contributed by atoms with Gasteiger partial charge in [-0.1, -0.05) is 13.8 Å². The van der Waals surface area contributed by atoms with E-state index in [2.05, 4.69) is 18.4 Å². The molecule has 0 radical (unpaired) electrons. The van der Waals surface area contributed by atoms with Crippen LogP contribution in [0.2, 0.25) is 0 Å². The zero-order chi connectivity index (χ0) is 15.1. The van der Waals surface area contributed by atoms with Crippen LogP contribution in [0.15, 0.2) is 6.07 Å². The van der Waals surface area contributed by atoms with Gasteiger partial charge in [0, 0.05) is 23.5 Å². The van der Waals surface area contributed by atoms with Crippen LogP contribution in [-0.4, -0.2) is 23.8 Å². The van der Waals surface area contributed by atoms with Crippen molar-refractivity contribution in [3.05, 3.63) is 23.0 Å². The quantitative estimate of drug-likeness (QED) is 0.883.